The molecule has 0 atom stereocenters. The van der Waals surface area contributed by atoms with Crippen molar-refractivity contribution in [3.8, 4) is 10.7 Å². The van der Waals surface area contributed by atoms with Gasteiger partial charge in [0.15, 0.2) is 5.58 Å². The number of halogens is 1. The number of nitrogens with zero attached hydrogens (tertiary/aromatic N) is 4. The smallest absolute Gasteiger partial charge is 0.294 e. The van der Waals surface area contributed by atoms with Gasteiger partial charge < -0.3 is 24.7 Å². The van der Waals surface area contributed by atoms with Crippen LogP contribution in [0.25, 0.3) is 21.8 Å². The summed E-state index contributed by atoms with van der Waals surface area (Å²) >= 11 is 7.34. The molecule has 0 aromatic carbocycles. The molecule has 4 aromatic heterocycles. The number of thiazole rings is 1. The standard InChI is InChI=1S/C27H25ClN6O5S/c28-16-3-8-20(30-13-16)32-26(37)24-23(22-19(39-24)7-6-18(31-22)27-29-9-12-40-27)33-25(36)15-1-4-17(5-2-15)34-10-11-38-14-21(34)35/h3,6-9,12-13,15,17H,1-2,4-5,10-11,14H2,(H,33,36)(H,30,32,37)/t15-,17-. The highest BCUT2D eigenvalue weighted by molar-refractivity contribution is 7.13. The van der Waals surface area contributed by atoms with Gasteiger partial charge >= 0.3 is 0 Å². The second-order valence-corrected chi connectivity index (χ2v) is 11.0. The predicted molar refractivity (Wildman–Crippen MR) is 149 cm³/mol. The minimum absolute atomic E-state index is 0.00282. The van der Waals surface area contributed by atoms with Crippen LogP contribution in [0, 0.1) is 5.92 Å². The van der Waals surface area contributed by atoms with Crippen molar-refractivity contribution < 1.29 is 23.5 Å². The molecule has 0 bridgehead atoms. The van der Waals surface area contributed by atoms with E-state index in [1.54, 1.807) is 30.5 Å². The maximum atomic E-state index is 13.5. The molecule has 40 heavy (non-hydrogen) atoms. The lowest BCUT2D eigenvalue weighted by molar-refractivity contribution is -0.146. The van der Waals surface area contributed by atoms with Gasteiger partial charge in [-0.05, 0) is 49.9 Å². The van der Waals surface area contributed by atoms with Gasteiger partial charge in [0, 0.05) is 36.3 Å². The van der Waals surface area contributed by atoms with Gasteiger partial charge in [-0.3, -0.25) is 14.4 Å². The number of anilines is 2. The van der Waals surface area contributed by atoms with Crippen molar-refractivity contribution in [3.63, 3.8) is 0 Å². The van der Waals surface area contributed by atoms with Crippen LogP contribution in [0.4, 0.5) is 11.5 Å². The summed E-state index contributed by atoms with van der Waals surface area (Å²) in [6, 6.07) is 6.74. The van der Waals surface area contributed by atoms with Gasteiger partial charge in [0.1, 0.15) is 28.6 Å². The summed E-state index contributed by atoms with van der Waals surface area (Å²) in [6.45, 7) is 1.22. The molecule has 6 rings (SSSR count). The number of carbonyl (C=O) groups is 3. The molecule has 1 saturated heterocycles. The third kappa shape index (κ3) is 5.42. The maximum Gasteiger partial charge on any atom is 0.294 e. The van der Waals surface area contributed by atoms with Crippen LogP contribution in [-0.2, 0) is 14.3 Å². The highest BCUT2D eigenvalue weighted by Crippen LogP contribution is 2.35. The molecule has 1 aliphatic carbocycles. The molecule has 13 heteroatoms. The van der Waals surface area contributed by atoms with Crippen LogP contribution in [-0.4, -0.2) is 63.4 Å². The van der Waals surface area contributed by atoms with Gasteiger partial charge in [0.2, 0.25) is 17.6 Å². The van der Waals surface area contributed by atoms with E-state index in [1.807, 2.05) is 10.3 Å². The van der Waals surface area contributed by atoms with Crippen LogP contribution < -0.4 is 10.6 Å². The topological polar surface area (TPSA) is 140 Å². The number of amides is 3. The largest absolute Gasteiger partial charge is 0.447 e. The average molecular weight is 581 g/mol. The van der Waals surface area contributed by atoms with Gasteiger partial charge in [-0.1, -0.05) is 11.6 Å². The second kappa shape index (κ2) is 11.3. The molecule has 3 amide bonds. The van der Waals surface area contributed by atoms with E-state index in [0.717, 1.165) is 12.8 Å². The Morgan fingerprint density at radius 1 is 1.07 bits per heavy atom. The summed E-state index contributed by atoms with van der Waals surface area (Å²) in [5.41, 5.74) is 1.48. The number of hydrogen-bond acceptors (Lipinski definition) is 9. The fraction of sp³-hybridized carbons (Fsp3) is 0.333. The van der Waals surface area contributed by atoms with E-state index in [0.29, 0.717) is 52.8 Å². The number of morpholine rings is 1. The molecule has 0 spiro atoms. The van der Waals surface area contributed by atoms with Crippen molar-refractivity contribution in [3.05, 3.63) is 52.8 Å². The molecule has 0 unspecified atom stereocenters. The van der Waals surface area contributed by atoms with Crippen LogP contribution in [0.1, 0.15) is 36.2 Å². The van der Waals surface area contributed by atoms with Gasteiger partial charge in [-0.15, -0.1) is 11.3 Å². The third-order valence-electron chi connectivity index (χ3n) is 7.14. The normalized spacial score (nSPS) is 19.5. The molecular weight excluding hydrogens is 556 g/mol. The highest BCUT2D eigenvalue weighted by atomic mass is 35.5. The zero-order chi connectivity index (χ0) is 27.6. The van der Waals surface area contributed by atoms with Crippen LogP contribution in [0.15, 0.2) is 46.5 Å². The summed E-state index contributed by atoms with van der Waals surface area (Å²) in [4.78, 5) is 54.0. The first-order chi connectivity index (χ1) is 19.5. The van der Waals surface area contributed by atoms with E-state index in [1.165, 1.54) is 17.5 Å². The van der Waals surface area contributed by atoms with E-state index < -0.39 is 5.91 Å². The van der Waals surface area contributed by atoms with Crippen molar-refractivity contribution in [2.45, 2.75) is 31.7 Å². The van der Waals surface area contributed by atoms with Crippen LogP contribution in [0.5, 0.6) is 0 Å². The highest BCUT2D eigenvalue weighted by Gasteiger charge is 2.34. The Hall–Kier alpha value is -3.87. The third-order valence-corrected chi connectivity index (χ3v) is 8.16. The molecule has 5 heterocycles. The van der Waals surface area contributed by atoms with Gasteiger partial charge in [0.25, 0.3) is 5.91 Å². The van der Waals surface area contributed by atoms with E-state index in [4.69, 9.17) is 20.8 Å². The molecule has 2 N–H and O–H groups in total. The summed E-state index contributed by atoms with van der Waals surface area (Å²) in [5.74, 6) is -0.913. The lowest BCUT2D eigenvalue weighted by Gasteiger charge is -2.38. The van der Waals surface area contributed by atoms with E-state index in [-0.39, 0.29) is 47.6 Å². The van der Waals surface area contributed by atoms with E-state index in [2.05, 4.69) is 25.6 Å². The Morgan fingerprint density at radius 2 is 1.93 bits per heavy atom. The summed E-state index contributed by atoms with van der Waals surface area (Å²) in [7, 11) is 0. The Kier molecular flexibility index (Phi) is 7.46. The second-order valence-electron chi connectivity index (χ2n) is 9.64. The van der Waals surface area contributed by atoms with Crippen molar-refractivity contribution in [2.75, 3.05) is 30.4 Å². The number of nitrogens with one attached hydrogen (secondary N) is 2. The Morgan fingerprint density at radius 3 is 2.65 bits per heavy atom. The molecule has 206 valence electrons. The first-order valence-corrected chi connectivity index (χ1v) is 14.2. The fourth-order valence-electron chi connectivity index (χ4n) is 5.14. The van der Waals surface area contributed by atoms with Gasteiger partial charge in [-0.25, -0.2) is 15.0 Å². The maximum absolute atomic E-state index is 13.5. The zero-order valence-corrected chi connectivity index (χ0v) is 22.8. The molecule has 2 fully saturated rings. The Bertz CT molecular complexity index is 1550. The average Bonchev–Trinajstić information content (AvgIpc) is 3.63. The Labute approximate surface area is 237 Å². The number of rotatable bonds is 6. The lowest BCUT2D eigenvalue weighted by atomic mass is 9.84. The predicted octanol–water partition coefficient (Wildman–Crippen LogP) is 4.61. The van der Waals surface area contributed by atoms with Crippen LogP contribution >= 0.6 is 22.9 Å². The summed E-state index contributed by atoms with van der Waals surface area (Å²) in [5, 5.41) is 8.61. The number of ether oxygens (including phenoxy) is 1. The number of aromatic nitrogens is 3. The molecule has 11 nitrogen and oxygen atoms in total. The number of furan rings is 1. The molecule has 1 aliphatic heterocycles. The van der Waals surface area contributed by atoms with Gasteiger partial charge in [-0.2, -0.15) is 0 Å². The summed E-state index contributed by atoms with van der Waals surface area (Å²) < 4.78 is 11.2. The molecule has 1 saturated carbocycles. The van der Waals surface area contributed by atoms with E-state index in [9.17, 15) is 14.4 Å². The van der Waals surface area contributed by atoms with Crippen molar-refractivity contribution in [1.29, 1.82) is 0 Å². The number of hydrogen-bond donors (Lipinski definition) is 2. The minimum atomic E-state index is -0.589. The number of fused-ring (bicyclic) bond motifs is 1. The zero-order valence-electron chi connectivity index (χ0n) is 21.3. The van der Waals surface area contributed by atoms with Crippen LogP contribution in [0.2, 0.25) is 5.02 Å². The number of carbonyl (C=O) groups excluding carboxylic acids is 3. The van der Waals surface area contributed by atoms with E-state index >= 15 is 0 Å². The molecule has 2 aliphatic rings. The molecule has 4 aromatic rings. The van der Waals surface area contributed by atoms with Crippen molar-refractivity contribution in [2.24, 2.45) is 5.92 Å². The molecule has 0 radical (unpaired) electrons. The fourth-order valence-corrected chi connectivity index (χ4v) is 5.85. The lowest BCUT2D eigenvalue weighted by Crippen LogP contribution is -2.49. The van der Waals surface area contributed by atoms with Crippen molar-refractivity contribution in [1.82, 2.24) is 19.9 Å². The SMILES string of the molecule is O=C(Nc1ccc(Cl)cn1)c1oc2ccc(-c3nccs3)nc2c1NC(=O)[C@H]1CC[C@H](N2CCOCC2=O)CC1. The van der Waals surface area contributed by atoms with Crippen LogP contribution in [0.3, 0.4) is 0 Å². The number of pyridine rings is 2. The van der Waals surface area contributed by atoms with Crippen molar-refractivity contribution >= 4 is 63.3 Å². The quantitative estimate of drug-likeness (QED) is 0.337. The molecular formula is C27H25ClN6O5S. The minimum Gasteiger partial charge on any atom is -0.447 e. The Balaban J connectivity index is 1.25. The first-order valence-electron chi connectivity index (χ1n) is 12.9. The first kappa shape index (κ1) is 26.4. The van der Waals surface area contributed by atoms with Gasteiger partial charge in [0.05, 0.1) is 17.3 Å². The summed E-state index contributed by atoms with van der Waals surface area (Å²) in [6.07, 6.45) is 5.77. The monoisotopic (exact) mass is 580 g/mol.